The molecule has 0 aliphatic heterocycles. The lowest BCUT2D eigenvalue weighted by Crippen LogP contribution is -2.53. The van der Waals surface area contributed by atoms with Crippen molar-refractivity contribution < 1.29 is 9.18 Å². The fourth-order valence-corrected chi connectivity index (χ4v) is 5.16. The van der Waals surface area contributed by atoms with Gasteiger partial charge < -0.3 is 11.1 Å². The van der Waals surface area contributed by atoms with Crippen molar-refractivity contribution in [2.45, 2.75) is 44.2 Å². The molecule has 0 spiro atoms. The first kappa shape index (κ1) is 16.7. The van der Waals surface area contributed by atoms with Crippen LogP contribution in [0.25, 0.3) is 10.6 Å². The fourth-order valence-electron chi connectivity index (χ4n) is 4.35. The first-order valence-electron chi connectivity index (χ1n) is 8.88. The van der Waals surface area contributed by atoms with E-state index < -0.39 is 0 Å². The van der Waals surface area contributed by atoms with Crippen molar-refractivity contribution in [3.8, 4) is 10.6 Å². The van der Waals surface area contributed by atoms with E-state index in [1.165, 1.54) is 29.9 Å². The number of nitrogens with one attached hydrogen (secondary N) is 1. The smallest absolute Gasteiger partial charge is 0.271 e. The molecular formula is C19H22FN3OS. The third-order valence-corrected chi connectivity index (χ3v) is 6.39. The Balaban J connectivity index is 1.47. The van der Waals surface area contributed by atoms with Gasteiger partial charge in [0.05, 0.1) is 0 Å². The van der Waals surface area contributed by atoms with Crippen LogP contribution in [0.15, 0.2) is 29.6 Å². The van der Waals surface area contributed by atoms with Crippen LogP contribution in [0.3, 0.4) is 0 Å². The fraction of sp³-hybridized carbons (Fsp3) is 0.474. The number of carbonyl (C=O) groups excluding carboxylic acids is 1. The maximum Gasteiger partial charge on any atom is 0.271 e. The van der Waals surface area contributed by atoms with Gasteiger partial charge in [0, 0.05) is 23.0 Å². The van der Waals surface area contributed by atoms with Crippen molar-refractivity contribution in [2.75, 3.05) is 0 Å². The van der Waals surface area contributed by atoms with Crippen LogP contribution in [0.4, 0.5) is 4.39 Å². The summed E-state index contributed by atoms with van der Waals surface area (Å²) in [4.78, 5) is 17.1. The van der Waals surface area contributed by atoms with E-state index in [2.05, 4.69) is 10.3 Å². The molecule has 2 aliphatic rings. The van der Waals surface area contributed by atoms with Crippen LogP contribution in [-0.4, -0.2) is 23.0 Å². The molecule has 4 nitrogen and oxygen atoms in total. The number of hydrogen-bond donors (Lipinski definition) is 2. The molecule has 25 heavy (non-hydrogen) atoms. The van der Waals surface area contributed by atoms with Gasteiger partial charge in [0.15, 0.2) is 0 Å². The summed E-state index contributed by atoms with van der Waals surface area (Å²) < 4.78 is 13.0. The predicted octanol–water partition coefficient (Wildman–Crippen LogP) is 3.59. The second kappa shape index (κ2) is 6.84. The number of hydrogen-bond acceptors (Lipinski definition) is 4. The van der Waals surface area contributed by atoms with Crippen LogP contribution in [0, 0.1) is 17.7 Å². The van der Waals surface area contributed by atoms with Crippen LogP contribution >= 0.6 is 11.3 Å². The molecule has 6 heteroatoms. The van der Waals surface area contributed by atoms with Crippen LogP contribution in [0.5, 0.6) is 0 Å². The van der Waals surface area contributed by atoms with Gasteiger partial charge in [-0.2, -0.15) is 0 Å². The standard InChI is InChI=1S/C19H22FN3OS/c20-14-6-4-11(5-7-14)19-22-16(10-25-19)18(24)23-17-12-2-1-3-13(17)9-15(21)8-12/h4-7,10,12-13,15,17H,1-3,8-9,21H2,(H,23,24). The van der Waals surface area contributed by atoms with Gasteiger partial charge in [0.1, 0.15) is 16.5 Å². The molecule has 1 heterocycles. The Morgan fingerprint density at radius 2 is 1.88 bits per heavy atom. The molecule has 3 N–H and O–H groups in total. The number of carbonyl (C=O) groups is 1. The van der Waals surface area contributed by atoms with Gasteiger partial charge in [-0.25, -0.2) is 9.37 Å². The average Bonchev–Trinajstić information content (AvgIpc) is 3.06. The predicted molar refractivity (Wildman–Crippen MR) is 96.8 cm³/mol. The molecular weight excluding hydrogens is 337 g/mol. The number of amides is 1. The Bertz CT molecular complexity index is 746. The highest BCUT2D eigenvalue weighted by Crippen LogP contribution is 2.39. The van der Waals surface area contributed by atoms with E-state index in [1.807, 2.05) is 0 Å². The second-order valence-electron chi connectivity index (χ2n) is 7.23. The molecule has 2 aliphatic carbocycles. The minimum atomic E-state index is -0.277. The summed E-state index contributed by atoms with van der Waals surface area (Å²) in [5.74, 6) is 0.589. The summed E-state index contributed by atoms with van der Waals surface area (Å²) >= 11 is 1.41. The van der Waals surface area contributed by atoms with Gasteiger partial charge in [-0.15, -0.1) is 11.3 Å². The lowest BCUT2D eigenvalue weighted by Gasteiger charge is -2.45. The summed E-state index contributed by atoms with van der Waals surface area (Å²) in [6.07, 6.45) is 5.53. The van der Waals surface area contributed by atoms with E-state index in [-0.39, 0.29) is 23.8 Å². The lowest BCUT2D eigenvalue weighted by atomic mass is 9.67. The first-order valence-corrected chi connectivity index (χ1v) is 9.76. The molecule has 0 radical (unpaired) electrons. The highest BCUT2D eigenvalue weighted by atomic mass is 32.1. The molecule has 1 aromatic carbocycles. The van der Waals surface area contributed by atoms with Gasteiger partial charge in [0.2, 0.25) is 0 Å². The first-order chi connectivity index (χ1) is 12.1. The molecule has 0 saturated heterocycles. The minimum Gasteiger partial charge on any atom is -0.347 e. The van der Waals surface area contributed by atoms with E-state index in [9.17, 15) is 9.18 Å². The average molecular weight is 359 g/mol. The summed E-state index contributed by atoms with van der Waals surface area (Å²) in [7, 11) is 0. The van der Waals surface area contributed by atoms with Gasteiger partial charge >= 0.3 is 0 Å². The number of aromatic nitrogens is 1. The SMILES string of the molecule is NC1CC2CCCC(C1)C2NC(=O)c1csc(-c2ccc(F)cc2)n1. The molecule has 2 bridgehead atoms. The monoisotopic (exact) mass is 359 g/mol. The molecule has 1 amide bonds. The van der Waals surface area contributed by atoms with E-state index in [0.717, 1.165) is 36.3 Å². The second-order valence-corrected chi connectivity index (χ2v) is 8.08. The highest BCUT2D eigenvalue weighted by Gasteiger charge is 2.40. The highest BCUT2D eigenvalue weighted by molar-refractivity contribution is 7.13. The Labute approximate surface area is 150 Å². The summed E-state index contributed by atoms with van der Waals surface area (Å²) in [5, 5.41) is 5.73. The summed E-state index contributed by atoms with van der Waals surface area (Å²) in [6, 6.07) is 6.67. The largest absolute Gasteiger partial charge is 0.347 e. The van der Waals surface area contributed by atoms with Crippen molar-refractivity contribution in [1.82, 2.24) is 10.3 Å². The molecule has 2 saturated carbocycles. The zero-order chi connectivity index (χ0) is 17.4. The number of benzene rings is 1. The maximum absolute atomic E-state index is 13.0. The van der Waals surface area contributed by atoms with Crippen LogP contribution in [0.1, 0.15) is 42.6 Å². The van der Waals surface area contributed by atoms with E-state index in [4.69, 9.17) is 5.73 Å². The molecule has 2 fully saturated rings. The molecule has 2 aromatic rings. The summed E-state index contributed by atoms with van der Waals surface area (Å²) in [5.41, 5.74) is 7.42. The van der Waals surface area contributed by atoms with Crippen molar-refractivity contribution in [3.63, 3.8) is 0 Å². The number of nitrogens with zero attached hydrogens (tertiary/aromatic N) is 1. The van der Waals surface area contributed by atoms with Crippen molar-refractivity contribution in [1.29, 1.82) is 0 Å². The van der Waals surface area contributed by atoms with Crippen molar-refractivity contribution in [2.24, 2.45) is 17.6 Å². The minimum absolute atomic E-state index is 0.109. The molecule has 2 unspecified atom stereocenters. The van der Waals surface area contributed by atoms with Gasteiger partial charge in [0.25, 0.3) is 5.91 Å². The zero-order valence-electron chi connectivity index (χ0n) is 14.0. The van der Waals surface area contributed by atoms with Gasteiger partial charge in [-0.3, -0.25) is 4.79 Å². The van der Waals surface area contributed by atoms with Crippen LogP contribution in [0.2, 0.25) is 0 Å². The third kappa shape index (κ3) is 3.46. The van der Waals surface area contributed by atoms with Crippen molar-refractivity contribution in [3.05, 3.63) is 41.2 Å². The normalized spacial score (nSPS) is 28.6. The van der Waals surface area contributed by atoms with E-state index in [1.54, 1.807) is 17.5 Å². The summed E-state index contributed by atoms with van der Waals surface area (Å²) in [6.45, 7) is 0. The number of thiazole rings is 1. The Hall–Kier alpha value is -1.79. The lowest BCUT2D eigenvalue weighted by molar-refractivity contribution is 0.0752. The maximum atomic E-state index is 13.0. The molecule has 132 valence electrons. The number of fused-ring (bicyclic) bond motifs is 2. The zero-order valence-corrected chi connectivity index (χ0v) is 14.8. The third-order valence-electron chi connectivity index (χ3n) is 5.50. The van der Waals surface area contributed by atoms with Crippen LogP contribution < -0.4 is 11.1 Å². The van der Waals surface area contributed by atoms with E-state index in [0.29, 0.717) is 17.5 Å². The Morgan fingerprint density at radius 1 is 1.20 bits per heavy atom. The van der Waals surface area contributed by atoms with E-state index >= 15 is 0 Å². The number of rotatable bonds is 3. The topological polar surface area (TPSA) is 68.0 Å². The number of nitrogens with two attached hydrogens (primary N) is 1. The number of halogens is 1. The Kier molecular flexibility index (Phi) is 4.56. The Morgan fingerprint density at radius 3 is 2.56 bits per heavy atom. The quantitative estimate of drug-likeness (QED) is 0.880. The van der Waals surface area contributed by atoms with Gasteiger partial charge in [-0.05, 0) is 61.8 Å². The molecule has 4 rings (SSSR count). The van der Waals surface area contributed by atoms with Crippen molar-refractivity contribution >= 4 is 17.2 Å². The molecule has 2 atom stereocenters. The van der Waals surface area contributed by atoms with Gasteiger partial charge in [-0.1, -0.05) is 6.42 Å². The van der Waals surface area contributed by atoms with Crippen LogP contribution in [-0.2, 0) is 0 Å². The molecule has 1 aromatic heterocycles.